The van der Waals surface area contributed by atoms with Crippen molar-refractivity contribution >= 4 is 5.78 Å². The lowest BCUT2D eigenvalue weighted by Gasteiger charge is -2.07. The van der Waals surface area contributed by atoms with E-state index < -0.39 is 6.10 Å². The Morgan fingerprint density at radius 1 is 1.56 bits per heavy atom. The predicted octanol–water partition coefficient (Wildman–Crippen LogP) is 1.26. The quantitative estimate of drug-likeness (QED) is 0.791. The molecule has 0 fully saturated rings. The molecule has 0 radical (unpaired) electrons. The van der Waals surface area contributed by atoms with E-state index in [0.717, 1.165) is 24.2 Å². The average molecular weight is 224 g/mol. The van der Waals surface area contributed by atoms with Crippen LogP contribution in [0.25, 0.3) is 0 Å². The molecule has 1 N–H and O–H groups in total. The van der Waals surface area contributed by atoms with Gasteiger partial charge in [-0.1, -0.05) is 20.3 Å². The fourth-order valence-electron chi connectivity index (χ4n) is 1.64. The predicted molar refractivity (Wildman–Crippen MR) is 62.2 cm³/mol. The molecule has 90 valence electrons. The number of hydrogen-bond acceptors (Lipinski definition) is 3. The molecule has 1 rings (SSSR count). The van der Waals surface area contributed by atoms with Crippen molar-refractivity contribution in [1.82, 2.24) is 9.78 Å². The topological polar surface area (TPSA) is 55.1 Å². The van der Waals surface area contributed by atoms with Crippen LogP contribution in [0.5, 0.6) is 0 Å². The highest BCUT2D eigenvalue weighted by atomic mass is 16.3. The molecule has 0 spiro atoms. The van der Waals surface area contributed by atoms with E-state index in [4.69, 9.17) is 0 Å². The van der Waals surface area contributed by atoms with Gasteiger partial charge in [0.2, 0.25) is 0 Å². The molecular weight excluding hydrogens is 204 g/mol. The van der Waals surface area contributed by atoms with Gasteiger partial charge in [-0.2, -0.15) is 5.10 Å². The van der Waals surface area contributed by atoms with E-state index in [1.54, 1.807) is 4.68 Å². The van der Waals surface area contributed by atoms with E-state index in [-0.39, 0.29) is 12.2 Å². The SMILES string of the molecule is CCCC(O)C(=O)Cc1cc(CC)nn1C. The van der Waals surface area contributed by atoms with Crippen LogP contribution in [0, 0.1) is 0 Å². The van der Waals surface area contributed by atoms with Gasteiger partial charge in [0, 0.05) is 12.7 Å². The zero-order valence-corrected chi connectivity index (χ0v) is 10.2. The minimum Gasteiger partial charge on any atom is -0.385 e. The second-order valence-corrected chi connectivity index (χ2v) is 4.05. The first kappa shape index (κ1) is 12.9. The van der Waals surface area contributed by atoms with E-state index in [1.165, 1.54) is 0 Å². The molecule has 0 amide bonds. The largest absolute Gasteiger partial charge is 0.385 e. The summed E-state index contributed by atoms with van der Waals surface area (Å²) in [5, 5.41) is 13.8. The molecule has 1 atom stereocenters. The zero-order chi connectivity index (χ0) is 12.1. The number of ketones is 1. The van der Waals surface area contributed by atoms with Gasteiger partial charge in [-0.05, 0) is 18.9 Å². The molecule has 4 nitrogen and oxygen atoms in total. The normalized spacial score (nSPS) is 12.8. The Labute approximate surface area is 96.3 Å². The Hall–Kier alpha value is -1.16. The summed E-state index contributed by atoms with van der Waals surface area (Å²) in [6, 6.07) is 1.93. The van der Waals surface area contributed by atoms with Crippen LogP contribution in [0.15, 0.2) is 6.07 Å². The van der Waals surface area contributed by atoms with Crippen molar-refractivity contribution in [3.8, 4) is 0 Å². The van der Waals surface area contributed by atoms with Crippen molar-refractivity contribution in [3.05, 3.63) is 17.5 Å². The van der Waals surface area contributed by atoms with Crippen LogP contribution in [0.2, 0.25) is 0 Å². The lowest BCUT2D eigenvalue weighted by Crippen LogP contribution is -2.22. The Kier molecular flexibility index (Phi) is 4.68. The van der Waals surface area contributed by atoms with Crippen LogP contribution in [0.4, 0.5) is 0 Å². The van der Waals surface area contributed by atoms with E-state index in [2.05, 4.69) is 5.10 Å². The highest BCUT2D eigenvalue weighted by molar-refractivity contribution is 5.84. The lowest BCUT2D eigenvalue weighted by molar-refractivity contribution is -0.126. The first-order valence-electron chi connectivity index (χ1n) is 5.81. The minimum absolute atomic E-state index is 0.118. The van der Waals surface area contributed by atoms with Gasteiger partial charge in [-0.15, -0.1) is 0 Å². The first-order chi connectivity index (χ1) is 7.58. The molecule has 0 aliphatic heterocycles. The summed E-state index contributed by atoms with van der Waals surface area (Å²) in [4.78, 5) is 11.7. The van der Waals surface area contributed by atoms with Crippen LogP contribution in [-0.2, 0) is 24.7 Å². The number of aliphatic hydroxyl groups is 1. The summed E-state index contributed by atoms with van der Waals surface area (Å²) in [6.07, 6.45) is 1.66. The van der Waals surface area contributed by atoms with Crippen molar-refractivity contribution < 1.29 is 9.90 Å². The molecule has 0 bridgehead atoms. The summed E-state index contributed by atoms with van der Waals surface area (Å²) >= 11 is 0. The van der Waals surface area contributed by atoms with Gasteiger partial charge in [0.05, 0.1) is 12.1 Å². The molecule has 1 heterocycles. The van der Waals surface area contributed by atoms with E-state index in [9.17, 15) is 9.90 Å². The lowest BCUT2D eigenvalue weighted by atomic mass is 10.1. The van der Waals surface area contributed by atoms with Gasteiger partial charge in [0.25, 0.3) is 0 Å². The molecule has 0 aromatic carbocycles. The molecule has 1 aromatic heterocycles. The number of Topliss-reactive ketones (excluding diaryl/α,β-unsaturated/α-hetero) is 1. The average Bonchev–Trinajstić information content (AvgIpc) is 2.60. The second kappa shape index (κ2) is 5.80. The summed E-state index contributed by atoms with van der Waals surface area (Å²) in [7, 11) is 1.83. The minimum atomic E-state index is -0.829. The van der Waals surface area contributed by atoms with Crippen LogP contribution in [0.3, 0.4) is 0 Å². The maximum absolute atomic E-state index is 11.7. The smallest absolute Gasteiger partial charge is 0.167 e. The molecule has 0 aliphatic carbocycles. The van der Waals surface area contributed by atoms with Crippen molar-refractivity contribution in [2.24, 2.45) is 7.05 Å². The van der Waals surface area contributed by atoms with Gasteiger partial charge in [0.15, 0.2) is 5.78 Å². The number of hydrogen-bond donors (Lipinski definition) is 1. The van der Waals surface area contributed by atoms with Crippen molar-refractivity contribution in [1.29, 1.82) is 0 Å². The zero-order valence-electron chi connectivity index (χ0n) is 10.2. The van der Waals surface area contributed by atoms with Crippen LogP contribution in [0.1, 0.15) is 38.1 Å². The number of carbonyl (C=O) groups excluding carboxylic acids is 1. The molecule has 1 unspecified atom stereocenters. The maximum atomic E-state index is 11.7. The number of aromatic nitrogens is 2. The third-order valence-corrected chi connectivity index (χ3v) is 2.68. The number of aliphatic hydroxyl groups excluding tert-OH is 1. The van der Waals surface area contributed by atoms with Gasteiger partial charge in [-0.3, -0.25) is 9.48 Å². The van der Waals surface area contributed by atoms with Crippen LogP contribution >= 0.6 is 0 Å². The fraction of sp³-hybridized carbons (Fsp3) is 0.667. The Bertz CT molecular complexity index is 358. The number of aryl methyl sites for hydroxylation is 2. The monoisotopic (exact) mass is 224 g/mol. The molecule has 1 aromatic rings. The second-order valence-electron chi connectivity index (χ2n) is 4.05. The third kappa shape index (κ3) is 3.17. The van der Waals surface area contributed by atoms with Gasteiger partial charge < -0.3 is 5.11 Å². The molecule has 0 saturated heterocycles. The molecule has 0 aliphatic rings. The van der Waals surface area contributed by atoms with E-state index in [1.807, 2.05) is 27.0 Å². The van der Waals surface area contributed by atoms with Crippen molar-refractivity contribution in [3.63, 3.8) is 0 Å². The number of carbonyl (C=O) groups is 1. The highest BCUT2D eigenvalue weighted by Crippen LogP contribution is 2.08. The van der Waals surface area contributed by atoms with Gasteiger partial charge >= 0.3 is 0 Å². The van der Waals surface area contributed by atoms with Crippen molar-refractivity contribution in [2.45, 2.75) is 45.6 Å². The summed E-state index contributed by atoms with van der Waals surface area (Å²) in [5.41, 5.74) is 1.85. The Morgan fingerprint density at radius 2 is 2.25 bits per heavy atom. The van der Waals surface area contributed by atoms with E-state index in [0.29, 0.717) is 6.42 Å². The summed E-state index contributed by atoms with van der Waals surface area (Å²) < 4.78 is 1.72. The van der Waals surface area contributed by atoms with Gasteiger partial charge in [0.1, 0.15) is 6.10 Å². The number of rotatable bonds is 6. The first-order valence-corrected chi connectivity index (χ1v) is 5.81. The molecule has 16 heavy (non-hydrogen) atoms. The van der Waals surface area contributed by atoms with Crippen LogP contribution < -0.4 is 0 Å². The van der Waals surface area contributed by atoms with Crippen LogP contribution in [-0.4, -0.2) is 26.8 Å². The number of nitrogens with zero attached hydrogens (tertiary/aromatic N) is 2. The van der Waals surface area contributed by atoms with Gasteiger partial charge in [-0.25, -0.2) is 0 Å². The summed E-state index contributed by atoms with van der Waals surface area (Å²) in [5.74, 6) is -0.118. The molecule has 4 heteroatoms. The van der Waals surface area contributed by atoms with Crippen molar-refractivity contribution in [2.75, 3.05) is 0 Å². The maximum Gasteiger partial charge on any atom is 0.167 e. The Balaban J connectivity index is 2.65. The Morgan fingerprint density at radius 3 is 2.75 bits per heavy atom. The van der Waals surface area contributed by atoms with E-state index >= 15 is 0 Å². The third-order valence-electron chi connectivity index (χ3n) is 2.68. The standard InChI is InChI=1S/C12H20N2O2/c1-4-6-11(15)12(16)8-10-7-9(5-2)13-14(10)3/h7,11,15H,4-6,8H2,1-3H3. The fourth-order valence-corrected chi connectivity index (χ4v) is 1.64. The molecular formula is C12H20N2O2. The summed E-state index contributed by atoms with van der Waals surface area (Å²) in [6.45, 7) is 3.98. The highest BCUT2D eigenvalue weighted by Gasteiger charge is 2.16. The molecule has 0 saturated carbocycles.